The zero-order valence-corrected chi connectivity index (χ0v) is 12.7. The second kappa shape index (κ2) is 5.18. The van der Waals surface area contributed by atoms with Gasteiger partial charge in [0.05, 0.1) is 16.8 Å². The second-order valence-electron chi connectivity index (χ2n) is 6.08. The van der Waals surface area contributed by atoms with Crippen LogP contribution in [0.2, 0.25) is 5.02 Å². The average molecular weight is 267 g/mol. The maximum absolute atomic E-state index is 6.09. The standard InChI is InChI=1S/C15H23ClN2/c1-9(2)8-18-11(5)13-6-12(16)7-17-14(13)15(18)10(3)4/h6-7,9-11,15H,8H2,1-5H3/t11?,15-/m0/s1. The maximum atomic E-state index is 6.09. The predicted molar refractivity (Wildman–Crippen MR) is 76.8 cm³/mol. The highest BCUT2D eigenvalue weighted by molar-refractivity contribution is 6.30. The zero-order valence-electron chi connectivity index (χ0n) is 11.9. The van der Waals surface area contributed by atoms with E-state index in [0.717, 1.165) is 11.6 Å². The highest BCUT2D eigenvalue weighted by Gasteiger charge is 2.38. The lowest BCUT2D eigenvalue weighted by molar-refractivity contribution is 0.118. The normalized spacial score (nSPS) is 24.0. The van der Waals surface area contributed by atoms with Gasteiger partial charge in [-0.3, -0.25) is 9.88 Å². The second-order valence-corrected chi connectivity index (χ2v) is 6.52. The number of hydrogen-bond donors (Lipinski definition) is 0. The van der Waals surface area contributed by atoms with E-state index in [9.17, 15) is 0 Å². The molecule has 3 heteroatoms. The molecule has 1 aliphatic rings. The number of hydrogen-bond acceptors (Lipinski definition) is 2. The molecule has 0 N–H and O–H groups in total. The van der Waals surface area contributed by atoms with Crippen molar-refractivity contribution < 1.29 is 0 Å². The van der Waals surface area contributed by atoms with Crippen LogP contribution in [0, 0.1) is 11.8 Å². The fourth-order valence-corrected chi connectivity index (χ4v) is 3.18. The lowest BCUT2D eigenvalue weighted by Crippen LogP contribution is -2.31. The summed E-state index contributed by atoms with van der Waals surface area (Å²) < 4.78 is 0. The molecule has 1 aliphatic heterocycles. The van der Waals surface area contributed by atoms with Gasteiger partial charge in [0.25, 0.3) is 0 Å². The molecule has 1 unspecified atom stereocenters. The van der Waals surface area contributed by atoms with Gasteiger partial charge in [-0.2, -0.15) is 0 Å². The molecule has 1 aromatic rings. The molecule has 2 heterocycles. The Morgan fingerprint density at radius 2 is 2.00 bits per heavy atom. The molecule has 0 bridgehead atoms. The fraction of sp³-hybridized carbons (Fsp3) is 0.667. The summed E-state index contributed by atoms with van der Waals surface area (Å²) in [6, 6.07) is 2.93. The van der Waals surface area contributed by atoms with Crippen LogP contribution in [-0.4, -0.2) is 16.4 Å². The van der Waals surface area contributed by atoms with Crippen LogP contribution in [0.3, 0.4) is 0 Å². The molecule has 0 spiro atoms. The third kappa shape index (κ3) is 2.41. The monoisotopic (exact) mass is 266 g/mol. The number of pyridine rings is 1. The molecule has 18 heavy (non-hydrogen) atoms. The van der Waals surface area contributed by atoms with Crippen LogP contribution in [0.4, 0.5) is 0 Å². The number of rotatable bonds is 3. The summed E-state index contributed by atoms with van der Waals surface area (Å²) in [6.07, 6.45) is 1.78. The van der Waals surface area contributed by atoms with Gasteiger partial charge in [0.15, 0.2) is 0 Å². The largest absolute Gasteiger partial charge is 0.287 e. The summed E-state index contributed by atoms with van der Waals surface area (Å²) in [5.74, 6) is 1.24. The lowest BCUT2D eigenvalue weighted by Gasteiger charge is -2.32. The summed E-state index contributed by atoms with van der Waals surface area (Å²) in [5.41, 5.74) is 2.53. The van der Waals surface area contributed by atoms with E-state index >= 15 is 0 Å². The van der Waals surface area contributed by atoms with Gasteiger partial charge in [-0.1, -0.05) is 39.3 Å². The number of aromatic nitrogens is 1. The lowest BCUT2D eigenvalue weighted by atomic mass is 9.99. The average Bonchev–Trinajstić information content (AvgIpc) is 2.52. The Hall–Kier alpha value is -0.600. The van der Waals surface area contributed by atoms with Gasteiger partial charge in [-0.05, 0) is 30.4 Å². The van der Waals surface area contributed by atoms with Crippen molar-refractivity contribution in [3.05, 3.63) is 28.5 Å². The minimum Gasteiger partial charge on any atom is -0.287 e. The van der Waals surface area contributed by atoms with Gasteiger partial charge in [-0.25, -0.2) is 0 Å². The molecule has 2 nitrogen and oxygen atoms in total. The quantitative estimate of drug-likeness (QED) is 0.803. The summed E-state index contributed by atoms with van der Waals surface area (Å²) in [4.78, 5) is 7.17. The van der Waals surface area contributed by atoms with Crippen molar-refractivity contribution in [2.24, 2.45) is 11.8 Å². The molecule has 0 aromatic carbocycles. The fourth-order valence-electron chi connectivity index (χ4n) is 3.02. The van der Waals surface area contributed by atoms with Gasteiger partial charge in [-0.15, -0.1) is 0 Å². The van der Waals surface area contributed by atoms with E-state index in [1.165, 1.54) is 11.3 Å². The number of halogens is 1. The molecule has 100 valence electrons. The SMILES string of the molecule is CC(C)CN1C(C)c2cc(Cl)cnc2[C@@H]1C(C)C. The van der Waals surface area contributed by atoms with E-state index in [1.807, 2.05) is 0 Å². The zero-order chi connectivity index (χ0) is 13.4. The first kappa shape index (κ1) is 13.8. The molecule has 0 amide bonds. The molecular formula is C15H23ClN2. The first-order chi connectivity index (χ1) is 8.41. The van der Waals surface area contributed by atoms with E-state index in [0.29, 0.717) is 23.9 Å². The number of fused-ring (bicyclic) bond motifs is 1. The third-order valence-corrected chi connectivity index (χ3v) is 3.92. The summed E-state index contributed by atoms with van der Waals surface area (Å²) in [6.45, 7) is 12.5. The molecule has 0 aliphatic carbocycles. The van der Waals surface area contributed by atoms with Crippen molar-refractivity contribution >= 4 is 11.6 Å². The Morgan fingerprint density at radius 1 is 1.33 bits per heavy atom. The molecule has 0 radical (unpaired) electrons. The van der Waals surface area contributed by atoms with E-state index in [1.54, 1.807) is 6.20 Å². The molecule has 0 saturated heterocycles. The van der Waals surface area contributed by atoms with Gasteiger partial charge in [0, 0.05) is 18.8 Å². The van der Waals surface area contributed by atoms with Crippen molar-refractivity contribution in [2.75, 3.05) is 6.54 Å². The molecule has 1 aromatic heterocycles. The van der Waals surface area contributed by atoms with Crippen molar-refractivity contribution in [2.45, 2.75) is 46.7 Å². The van der Waals surface area contributed by atoms with Crippen LogP contribution in [0.25, 0.3) is 0 Å². The van der Waals surface area contributed by atoms with E-state index < -0.39 is 0 Å². The molecule has 0 fully saturated rings. The van der Waals surface area contributed by atoms with Crippen molar-refractivity contribution in [1.29, 1.82) is 0 Å². The Bertz CT molecular complexity index is 429. The Morgan fingerprint density at radius 3 is 2.56 bits per heavy atom. The Labute approximate surface area is 115 Å². The van der Waals surface area contributed by atoms with E-state index in [2.05, 4.69) is 50.6 Å². The van der Waals surface area contributed by atoms with E-state index in [4.69, 9.17) is 11.6 Å². The predicted octanol–water partition coefficient (Wildman–Crippen LogP) is 4.46. The van der Waals surface area contributed by atoms with Crippen molar-refractivity contribution in [1.82, 2.24) is 9.88 Å². The van der Waals surface area contributed by atoms with Gasteiger partial charge < -0.3 is 0 Å². The molecule has 0 saturated carbocycles. The summed E-state index contributed by atoms with van der Waals surface area (Å²) >= 11 is 6.09. The van der Waals surface area contributed by atoms with Crippen molar-refractivity contribution in [3.8, 4) is 0 Å². The van der Waals surface area contributed by atoms with Crippen LogP contribution >= 0.6 is 11.6 Å². The van der Waals surface area contributed by atoms with Crippen molar-refractivity contribution in [3.63, 3.8) is 0 Å². The van der Waals surface area contributed by atoms with Crippen LogP contribution in [-0.2, 0) is 0 Å². The number of nitrogens with zero attached hydrogens (tertiary/aromatic N) is 2. The highest BCUT2D eigenvalue weighted by atomic mass is 35.5. The van der Waals surface area contributed by atoms with Crippen LogP contribution in [0.1, 0.15) is 58.0 Å². The minimum atomic E-state index is 0.418. The minimum absolute atomic E-state index is 0.418. The molecular weight excluding hydrogens is 244 g/mol. The van der Waals surface area contributed by atoms with Gasteiger partial charge >= 0.3 is 0 Å². The van der Waals surface area contributed by atoms with Gasteiger partial charge in [0.2, 0.25) is 0 Å². The molecule has 2 atom stereocenters. The summed E-state index contributed by atoms with van der Waals surface area (Å²) in [5, 5.41) is 0.745. The highest BCUT2D eigenvalue weighted by Crippen LogP contribution is 2.45. The van der Waals surface area contributed by atoms with E-state index in [-0.39, 0.29) is 0 Å². The van der Waals surface area contributed by atoms with Crippen LogP contribution in [0.5, 0.6) is 0 Å². The van der Waals surface area contributed by atoms with Crippen LogP contribution in [0.15, 0.2) is 12.3 Å². The van der Waals surface area contributed by atoms with Gasteiger partial charge in [0.1, 0.15) is 0 Å². The smallest absolute Gasteiger partial charge is 0.0627 e. The first-order valence-electron chi connectivity index (χ1n) is 6.83. The Kier molecular flexibility index (Phi) is 3.98. The maximum Gasteiger partial charge on any atom is 0.0627 e. The summed E-state index contributed by atoms with van der Waals surface area (Å²) in [7, 11) is 0. The Balaban J connectivity index is 2.41. The third-order valence-electron chi connectivity index (χ3n) is 3.71. The first-order valence-corrected chi connectivity index (χ1v) is 7.20. The topological polar surface area (TPSA) is 16.1 Å². The van der Waals surface area contributed by atoms with Crippen LogP contribution < -0.4 is 0 Å². The molecule has 2 rings (SSSR count).